The smallest absolute Gasteiger partial charge is 0.272 e. The number of sulfonamides is 1. The number of aromatic nitrogens is 1. The van der Waals surface area contributed by atoms with Gasteiger partial charge in [-0.2, -0.15) is 16.1 Å². The summed E-state index contributed by atoms with van der Waals surface area (Å²) in [5.74, 6) is 1.22. The minimum absolute atomic E-state index is 0.127. The molecule has 3 rings (SSSR count). The van der Waals surface area contributed by atoms with Crippen molar-refractivity contribution in [3.05, 3.63) is 45.8 Å². The molecule has 0 bridgehead atoms. The largest absolute Gasteiger partial charge is 0.356 e. The molecule has 6 nitrogen and oxygen atoms in total. The molecule has 1 aromatic heterocycles. The molecule has 0 aliphatic carbocycles. The van der Waals surface area contributed by atoms with Gasteiger partial charge in [-0.3, -0.25) is 4.79 Å². The van der Waals surface area contributed by atoms with E-state index < -0.39 is 10.0 Å². The second kappa shape index (κ2) is 7.46. The first-order valence-corrected chi connectivity index (χ1v) is 11.0. The molecule has 0 radical (unpaired) electrons. The first-order valence-electron chi connectivity index (χ1n) is 7.30. The van der Waals surface area contributed by atoms with Gasteiger partial charge in [0.05, 0.1) is 0 Å². The summed E-state index contributed by atoms with van der Waals surface area (Å²) < 4.78 is 27.6. The van der Waals surface area contributed by atoms with Gasteiger partial charge >= 0.3 is 0 Å². The van der Waals surface area contributed by atoms with Crippen molar-refractivity contribution in [2.45, 2.75) is 4.90 Å². The zero-order valence-corrected chi connectivity index (χ0v) is 16.4. The highest BCUT2D eigenvalue weighted by Crippen LogP contribution is 2.21. The molecular formula is C15H16IN3O3S2. The Morgan fingerprint density at radius 1 is 1.25 bits per heavy atom. The van der Waals surface area contributed by atoms with Crippen LogP contribution in [0.15, 0.2) is 41.4 Å². The van der Waals surface area contributed by atoms with E-state index in [1.54, 1.807) is 17.8 Å². The molecule has 128 valence electrons. The Kier molecular flexibility index (Phi) is 5.52. The van der Waals surface area contributed by atoms with Crippen molar-refractivity contribution in [2.75, 3.05) is 29.9 Å². The van der Waals surface area contributed by atoms with Gasteiger partial charge in [0, 0.05) is 40.0 Å². The Morgan fingerprint density at radius 2 is 2.00 bits per heavy atom. The van der Waals surface area contributed by atoms with E-state index in [0.29, 0.717) is 18.8 Å². The summed E-state index contributed by atoms with van der Waals surface area (Å²) in [5.41, 5.74) is 0.887. The topological polar surface area (TPSA) is 82.3 Å². The number of anilines is 1. The molecule has 1 fully saturated rings. The van der Waals surface area contributed by atoms with Crippen molar-refractivity contribution >= 4 is 56.0 Å². The monoisotopic (exact) mass is 477 g/mol. The molecule has 2 N–H and O–H groups in total. The average molecular weight is 477 g/mol. The van der Waals surface area contributed by atoms with Crippen molar-refractivity contribution in [3.63, 3.8) is 0 Å². The molecule has 1 saturated heterocycles. The van der Waals surface area contributed by atoms with E-state index >= 15 is 0 Å². The maximum absolute atomic E-state index is 12.6. The number of H-pyrrole nitrogens is 1. The van der Waals surface area contributed by atoms with Gasteiger partial charge in [-0.15, -0.1) is 0 Å². The molecule has 0 unspecified atom stereocenters. The summed E-state index contributed by atoms with van der Waals surface area (Å²) in [7, 11) is -3.55. The Hall–Kier alpha value is -1.04. The lowest BCUT2D eigenvalue weighted by Gasteiger charge is -2.24. The zero-order valence-electron chi connectivity index (χ0n) is 12.7. The molecule has 0 atom stereocenters. The van der Waals surface area contributed by atoms with Crippen LogP contribution in [0, 0.1) is 3.57 Å². The number of amides is 1. The highest BCUT2D eigenvalue weighted by molar-refractivity contribution is 14.1. The number of hydrogen-bond donors (Lipinski definition) is 2. The van der Waals surface area contributed by atoms with E-state index in [-0.39, 0.29) is 16.5 Å². The SMILES string of the molecule is O=C(Nc1cccc(I)c1)c1cc(S(=O)(=O)N2CCSCC2)c[nH]1. The predicted molar refractivity (Wildman–Crippen MR) is 104 cm³/mol. The van der Waals surface area contributed by atoms with E-state index in [0.717, 1.165) is 15.1 Å². The predicted octanol–water partition coefficient (Wildman–Crippen LogP) is 2.61. The first kappa shape index (κ1) is 17.8. The first-order chi connectivity index (χ1) is 11.5. The molecule has 9 heteroatoms. The highest BCUT2D eigenvalue weighted by Gasteiger charge is 2.27. The fourth-order valence-electron chi connectivity index (χ4n) is 2.36. The van der Waals surface area contributed by atoms with Crippen LogP contribution in [0.4, 0.5) is 5.69 Å². The zero-order chi connectivity index (χ0) is 17.2. The number of aromatic amines is 1. The van der Waals surface area contributed by atoms with Crippen LogP contribution in [-0.4, -0.2) is 48.2 Å². The highest BCUT2D eigenvalue weighted by atomic mass is 127. The van der Waals surface area contributed by atoms with Crippen LogP contribution in [-0.2, 0) is 10.0 Å². The normalized spacial score (nSPS) is 16.0. The van der Waals surface area contributed by atoms with Crippen LogP contribution < -0.4 is 5.32 Å². The Balaban J connectivity index is 1.76. The van der Waals surface area contributed by atoms with E-state index in [2.05, 4.69) is 32.9 Å². The van der Waals surface area contributed by atoms with Gasteiger partial charge < -0.3 is 10.3 Å². The van der Waals surface area contributed by atoms with Crippen molar-refractivity contribution in [2.24, 2.45) is 0 Å². The molecule has 2 aromatic rings. The van der Waals surface area contributed by atoms with Crippen LogP contribution in [0.2, 0.25) is 0 Å². The van der Waals surface area contributed by atoms with Gasteiger partial charge in [-0.1, -0.05) is 6.07 Å². The van der Waals surface area contributed by atoms with Crippen LogP contribution in [0.3, 0.4) is 0 Å². The Bertz CT molecular complexity index is 845. The van der Waals surface area contributed by atoms with E-state index in [9.17, 15) is 13.2 Å². The summed E-state index contributed by atoms with van der Waals surface area (Å²) in [6.45, 7) is 1.00. The lowest BCUT2D eigenvalue weighted by Crippen LogP contribution is -2.37. The molecule has 1 amide bonds. The van der Waals surface area contributed by atoms with Gasteiger partial charge in [0.25, 0.3) is 5.91 Å². The molecule has 24 heavy (non-hydrogen) atoms. The van der Waals surface area contributed by atoms with Crippen molar-refractivity contribution in [1.82, 2.24) is 9.29 Å². The number of benzene rings is 1. The number of carbonyl (C=O) groups excluding carboxylic acids is 1. The summed E-state index contributed by atoms with van der Waals surface area (Å²) >= 11 is 3.90. The van der Waals surface area contributed by atoms with Crippen LogP contribution in [0.5, 0.6) is 0 Å². The Morgan fingerprint density at radius 3 is 2.71 bits per heavy atom. The van der Waals surface area contributed by atoms with Crippen LogP contribution >= 0.6 is 34.4 Å². The third-order valence-electron chi connectivity index (χ3n) is 3.59. The van der Waals surface area contributed by atoms with Gasteiger partial charge in [0.15, 0.2) is 0 Å². The van der Waals surface area contributed by atoms with Crippen molar-refractivity contribution < 1.29 is 13.2 Å². The summed E-state index contributed by atoms with van der Waals surface area (Å²) in [4.78, 5) is 15.2. The Labute approximate surface area is 158 Å². The summed E-state index contributed by atoms with van der Waals surface area (Å²) in [6.07, 6.45) is 1.38. The number of halogens is 1. The molecule has 1 aliphatic heterocycles. The molecule has 0 saturated carbocycles. The second-order valence-corrected chi connectivity index (χ2v) is 9.64. The van der Waals surface area contributed by atoms with Crippen LogP contribution in [0.1, 0.15) is 10.5 Å². The van der Waals surface area contributed by atoms with Gasteiger partial charge in [0.1, 0.15) is 10.6 Å². The fraction of sp³-hybridized carbons (Fsp3) is 0.267. The summed E-state index contributed by atoms with van der Waals surface area (Å²) in [6, 6.07) is 8.78. The minimum Gasteiger partial charge on any atom is -0.356 e. The van der Waals surface area contributed by atoms with Gasteiger partial charge in [-0.25, -0.2) is 8.42 Å². The third kappa shape index (κ3) is 3.95. The fourth-order valence-corrected chi connectivity index (χ4v) is 5.47. The van der Waals surface area contributed by atoms with Crippen molar-refractivity contribution in [1.29, 1.82) is 0 Å². The molecule has 0 spiro atoms. The molecule has 1 aromatic carbocycles. The minimum atomic E-state index is -3.55. The van der Waals surface area contributed by atoms with Gasteiger partial charge in [-0.05, 0) is 46.9 Å². The molecule has 1 aliphatic rings. The van der Waals surface area contributed by atoms with E-state index in [1.165, 1.54) is 16.6 Å². The number of thioether (sulfide) groups is 1. The maximum atomic E-state index is 12.6. The van der Waals surface area contributed by atoms with E-state index in [1.807, 2.05) is 18.2 Å². The third-order valence-corrected chi connectivity index (χ3v) is 7.08. The standard InChI is InChI=1S/C15H16IN3O3S2/c16-11-2-1-3-12(8-11)18-15(20)14-9-13(10-17-14)24(21,22)19-4-6-23-7-5-19/h1-3,8-10,17H,4-7H2,(H,18,20). The number of hydrogen-bond acceptors (Lipinski definition) is 4. The molecular weight excluding hydrogens is 461 g/mol. The summed E-state index contributed by atoms with van der Waals surface area (Å²) in [5, 5.41) is 2.76. The maximum Gasteiger partial charge on any atom is 0.272 e. The lowest BCUT2D eigenvalue weighted by molar-refractivity contribution is 0.102. The lowest BCUT2D eigenvalue weighted by atomic mass is 10.3. The number of nitrogens with zero attached hydrogens (tertiary/aromatic N) is 1. The van der Waals surface area contributed by atoms with Gasteiger partial charge in [0.2, 0.25) is 10.0 Å². The average Bonchev–Trinajstić information content (AvgIpc) is 3.07. The number of nitrogens with one attached hydrogen (secondary N) is 2. The quantitative estimate of drug-likeness (QED) is 0.664. The van der Waals surface area contributed by atoms with Crippen LogP contribution in [0.25, 0.3) is 0 Å². The van der Waals surface area contributed by atoms with Crippen molar-refractivity contribution in [3.8, 4) is 0 Å². The van der Waals surface area contributed by atoms with E-state index in [4.69, 9.17) is 0 Å². The second-order valence-electron chi connectivity index (χ2n) is 5.23. The number of rotatable bonds is 4. The molecule has 2 heterocycles. The number of carbonyl (C=O) groups is 1.